The van der Waals surface area contributed by atoms with E-state index in [0.29, 0.717) is 17.9 Å². The molecular weight excluding hydrogens is 338 g/mol. The predicted molar refractivity (Wildman–Crippen MR) is 95.2 cm³/mol. The molecule has 1 aliphatic rings. The smallest absolute Gasteiger partial charge is 0.273 e. The van der Waals surface area contributed by atoms with E-state index in [1.165, 1.54) is 15.9 Å². The molecule has 1 fully saturated rings. The van der Waals surface area contributed by atoms with Gasteiger partial charge in [0.15, 0.2) is 5.65 Å². The van der Waals surface area contributed by atoms with Crippen LogP contribution < -0.4 is 5.56 Å². The Morgan fingerprint density at radius 1 is 1.44 bits per heavy atom. The lowest BCUT2D eigenvalue weighted by Gasteiger charge is -2.31. The number of nitrogens with one attached hydrogen (secondary N) is 1. The third-order valence-corrected chi connectivity index (χ3v) is 5.27. The number of carbonyl (C=O) groups excluding carboxylic acids is 1. The van der Waals surface area contributed by atoms with E-state index in [1.54, 1.807) is 17.0 Å². The molecule has 0 unspecified atom stereocenters. The Morgan fingerprint density at radius 2 is 2.32 bits per heavy atom. The van der Waals surface area contributed by atoms with E-state index in [2.05, 4.69) is 15.1 Å². The lowest BCUT2D eigenvalue weighted by atomic mass is 9.94. The van der Waals surface area contributed by atoms with Gasteiger partial charge in [0.25, 0.3) is 11.5 Å². The zero-order chi connectivity index (χ0) is 17.4. The Morgan fingerprint density at radius 3 is 3.08 bits per heavy atom. The van der Waals surface area contributed by atoms with Gasteiger partial charge in [-0.25, -0.2) is 14.5 Å². The van der Waals surface area contributed by atoms with Gasteiger partial charge in [-0.3, -0.25) is 14.7 Å². The summed E-state index contributed by atoms with van der Waals surface area (Å²) in [6.07, 6.45) is 2.63. The third-order valence-electron chi connectivity index (χ3n) is 4.69. The van der Waals surface area contributed by atoms with Crippen LogP contribution in [-0.4, -0.2) is 43.5 Å². The van der Waals surface area contributed by atoms with Crippen LogP contribution in [0.25, 0.3) is 5.65 Å². The van der Waals surface area contributed by atoms with Crippen LogP contribution >= 0.6 is 11.3 Å². The summed E-state index contributed by atoms with van der Waals surface area (Å²) in [7, 11) is 0. The predicted octanol–water partition coefficient (Wildman–Crippen LogP) is 2.06. The summed E-state index contributed by atoms with van der Waals surface area (Å²) < 4.78 is 1.48. The molecule has 1 N–H and O–H groups in total. The second-order valence-electron chi connectivity index (χ2n) is 6.31. The Bertz CT molecular complexity index is 959. The highest BCUT2D eigenvalue weighted by atomic mass is 32.1. The van der Waals surface area contributed by atoms with E-state index >= 15 is 0 Å². The molecule has 1 saturated heterocycles. The van der Waals surface area contributed by atoms with Crippen molar-refractivity contribution in [3.8, 4) is 0 Å². The van der Waals surface area contributed by atoms with Gasteiger partial charge in [-0.1, -0.05) is 6.92 Å². The number of carbonyl (C=O) groups is 1. The fourth-order valence-electron chi connectivity index (χ4n) is 3.34. The zero-order valence-electron chi connectivity index (χ0n) is 13.9. The molecule has 1 amide bonds. The minimum Gasteiger partial charge on any atom is -0.337 e. The largest absolute Gasteiger partial charge is 0.337 e. The maximum Gasteiger partial charge on any atom is 0.273 e. The van der Waals surface area contributed by atoms with Crippen molar-refractivity contribution in [1.29, 1.82) is 0 Å². The summed E-state index contributed by atoms with van der Waals surface area (Å²) in [5.74, 6) is 0.146. The Kier molecular flexibility index (Phi) is 4.12. The summed E-state index contributed by atoms with van der Waals surface area (Å²) in [5.41, 5.74) is 4.47. The molecule has 0 radical (unpaired) electrons. The zero-order valence-corrected chi connectivity index (χ0v) is 14.8. The van der Waals surface area contributed by atoms with Gasteiger partial charge in [0.05, 0.1) is 5.51 Å². The molecule has 4 rings (SSSR count). The van der Waals surface area contributed by atoms with Gasteiger partial charge in [-0.2, -0.15) is 0 Å². The summed E-state index contributed by atoms with van der Waals surface area (Å²) in [6, 6.07) is 3.49. The molecule has 0 aliphatic carbocycles. The number of piperidine rings is 1. The molecule has 4 heterocycles. The molecule has 0 aromatic carbocycles. The van der Waals surface area contributed by atoms with Crippen LogP contribution in [0.5, 0.6) is 0 Å². The summed E-state index contributed by atoms with van der Waals surface area (Å²) in [5, 5.41) is 4.95. The first-order valence-corrected chi connectivity index (χ1v) is 9.39. The number of hydrogen-bond donors (Lipinski definition) is 1. The van der Waals surface area contributed by atoms with E-state index in [1.807, 2.05) is 17.9 Å². The van der Waals surface area contributed by atoms with Crippen LogP contribution in [-0.2, 0) is 6.42 Å². The molecule has 1 atom stereocenters. The standard InChI is InChI=1S/C17H19N5O2S/c1-2-12-6-16(23)22-15(19-12)7-13(20-22)11-4-3-5-21(8-11)17(24)14-9-25-10-18-14/h6-7,9-11,20H,2-5,8H2,1H3/t11-/m0/s1. The third kappa shape index (κ3) is 2.97. The highest BCUT2D eigenvalue weighted by molar-refractivity contribution is 7.07. The minimum absolute atomic E-state index is 0.0226. The molecule has 8 heteroatoms. The van der Waals surface area contributed by atoms with Crippen LogP contribution in [0, 0.1) is 0 Å². The van der Waals surface area contributed by atoms with Gasteiger partial charge in [0.2, 0.25) is 0 Å². The monoisotopic (exact) mass is 357 g/mol. The molecule has 7 nitrogen and oxygen atoms in total. The first-order chi connectivity index (χ1) is 12.2. The SMILES string of the molecule is CCc1cc(=O)n2[nH]c([C@H]3CCCN(C(=O)c4cscn4)C3)cc2n1. The average molecular weight is 357 g/mol. The Balaban J connectivity index is 1.61. The lowest BCUT2D eigenvalue weighted by Crippen LogP contribution is -2.39. The van der Waals surface area contributed by atoms with Crippen LogP contribution in [0.3, 0.4) is 0 Å². The van der Waals surface area contributed by atoms with Gasteiger partial charge in [0, 0.05) is 47.9 Å². The average Bonchev–Trinajstić information content (AvgIpc) is 3.31. The van der Waals surface area contributed by atoms with Gasteiger partial charge in [-0.15, -0.1) is 11.3 Å². The molecule has 25 heavy (non-hydrogen) atoms. The first-order valence-electron chi connectivity index (χ1n) is 8.44. The topological polar surface area (TPSA) is 83.4 Å². The fourth-order valence-corrected chi connectivity index (χ4v) is 3.87. The highest BCUT2D eigenvalue weighted by Crippen LogP contribution is 2.27. The van der Waals surface area contributed by atoms with Crippen molar-refractivity contribution < 1.29 is 4.79 Å². The van der Waals surface area contributed by atoms with Gasteiger partial charge < -0.3 is 4.90 Å². The number of H-pyrrole nitrogens is 1. The number of fused-ring (bicyclic) bond motifs is 1. The molecule has 0 bridgehead atoms. The van der Waals surface area contributed by atoms with Gasteiger partial charge in [0.1, 0.15) is 5.69 Å². The van der Waals surface area contributed by atoms with Gasteiger partial charge >= 0.3 is 0 Å². The summed E-state index contributed by atoms with van der Waals surface area (Å²) >= 11 is 1.43. The molecule has 0 saturated carbocycles. The van der Waals surface area contributed by atoms with Crippen molar-refractivity contribution >= 4 is 22.9 Å². The Hall–Kier alpha value is -2.48. The van der Waals surface area contributed by atoms with E-state index < -0.39 is 0 Å². The van der Waals surface area contributed by atoms with Crippen molar-refractivity contribution in [2.45, 2.75) is 32.1 Å². The molecular formula is C17H19N5O2S. The second kappa shape index (κ2) is 6.44. The maximum atomic E-state index is 12.5. The number of aromatic amines is 1. The van der Waals surface area contributed by atoms with Crippen LogP contribution in [0.2, 0.25) is 0 Å². The van der Waals surface area contributed by atoms with E-state index in [4.69, 9.17) is 0 Å². The van der Waals surface area contributed by atoms with Crippen LogP contribution in [0.15, 0.2) is 27.8 Å². The minimum atomic E-state index is -0.0979. The normalized spacial score (nSPS) is 18.0. The first kappa shape index (κ1) is 16.0. The number of thiazole rings is 1. The van der Waals surface area contributed by atoms with Crippen molar-refractivity contribution in [2.24, 2.45) is 0 Å². The molecule has 1 aliphatic heterocycles. The van der Waals surface area contributed by atoms with Crippen molar-refractivity contribution in [3.05, 3.63) is 50.5 Å². The van der Waals surface area contributed by atoms with Crippen molar-refractivity contribution in [2.75, 3.05) is 13.1 Å². The quantitative estimate of drug-likeness (QED) is 0.778. The molecule has 0 spiro atoms. The number of amides is 1. The van der Waals surface area contributed by atoms with E-state index in [9.17, 15) is 9.59 Å². The molecule has 3 aromatic heterocycles. The van der Waals surface area contributed by atoms with Crippen LogP contribution in [0.1, 0.15) is 47.6 Å². The Labute approximate surface area is 148 Å². The number of hydrogen-bond acceptors (Lipinski definition) is 5. The van der Waals surface area contributed by atoms with E-state index in [-0.39, 0.29) is 17.4 Å². The number of aromatic nitrogens is 4. The summed E-state index contributed by atoms with van der Waals surface area (Å²) in [4.78, 5) is 35.2. The number of rotatable bonds is 3. The lowest BCUT2D eigenvalue weighted by molar-refractivity contribution is 0.0700. The number of aryl methyl sites for hydroxylation is 1. The second-order valence-corrected chi connectivity index (χ2v) is 7.03. The highest BCUT2D eigenvalue weighted by Gasteiger charge is 2.27. The maximum absolute atomic E-state index is 12.5. The summed E-state index contributed by atoms with van der Waals surface area (Å²) in [6.45, 7) is 3.35. The van der Waals surface area contributed by atoms with Crippen molar-refractivity contribution in [1.82, 2.24) is 24.5 Å². The van der Waals surface area contributed by atoms with Gasteiger partial charge in [-0.05, 0) is 19.3 Å². The van der Waals surface area contributed by atoms with Crippen LogP contribution in [0.4, 0.5) is 0 Å². The fraction of sp³-hybridized carbons (Fsp3) is 0.412. The van der Waals surface area contributed by atoms with Crippen molar-refractivity contribution in [3.63, 3.8) is 0 Å². The van der Waals surface area contributed by atoms with E-state index in [0.717, 1.165) is 37.2 Å². The number of nitrogens with zero attached hydrogens (tertiary/aromatic N) is 4. The molecule has 130 valence electrons. The number of likely N-dealkylation sites (tertiary alicyclic amines) is 1. The molecule has 3 aromatic rings.